The maximum atomic E-state index is 12.7. The van der Waals surface area contributed by atoms with Crippen LogP contribution in [0.5, 0.6) is 0 Å². The van der Waals surface area contributed by atoms with E-state index in [4.69, 9.17) is 0 Å². The summed E-state index contributed by atoms with van der Waals surface area (Å²) in [5.41, 5.74) is 1.54. The van der Waals surface area contributed by atoms with Gasteiger partial charge < -0.3 is 9.80 Å². The molecule has 1 aromatic rings. The number of hydrogen-bond acceptors (Lipinski definition) is 3. The van der Waals surface area contributed by atoms with Gasteiger partial charge in [-0.1, -0.05) is 12.8 Å². The zero-order chi connectivity index (χ0) is 16.9. The molecule has 1 aliphatic carbocycles. The Labute approximate surface area is 144 Å². The first-order valence-electron chi connectivity index (χ1n) is 9.13. The van der Waals surface area contributed by atoms with Crippen LogP contribution in [0.1, 0.15) is 54.6 Å². The summed E-state index contributed by atoms with van der Waals surface area (Å²) in [6, 6.07) is 3.60. The molecule has 0 spiro atoms. The summed E-state index contributed by atoms with van der Waals surface area (Å²) in [5, 5.41) is 0. The third kappa shape index (κ3) is 4.13. The molecule has 3 rings (SSSR count). The van der Waals surface area contributed by atoms with Gasteiger partial charge in [-0.2, -0.15) is 0 Å². The molecule has 1 aromatic heterocycles. The summed E-state index contributed by atoms with van der Waals surface area (Å²) in [6.45, 7) is 4.65. The van der Waals surface area contributed by atoms with Gasteiger partial charge >= 0.3 is 0 Å². The molecule has 2 aliphatic rings. The average Bonchev–Trinajstić information content (AvgIpc) is 2.95. The monoisotopic (exact) mass is 329 g/mol. The highest BCUT2D eigenvalue weighted by atomic mass is 16.2. The Morgan fingerprint density at radius 1 is 1.08 bits per heavy atom. The van der Waals surface area contributed by atoms with Crippen molar-refractivity contribution in [1.29, 1.82) is 0 Å². The van der Waals surface area contributed by atoms with Crippen LogP contribution in [0.15, 0.2) is 18.3 Å². The molecule has 0 radical (unpaired) electrons. The molecule has 2 heterocycles. The smallest absolute Gasteiger partial charge is 0.254 e. The molecule has 24 heavy (non-hydrogen) atoms. The highest BCUT2D eigenvalue weighted by molar-refractivity contribution is 5.94. The summed E-state index contributed by atoms with van der Waals surface area (Å²) in [5.74, 6) is 0.903. The number of pyridine rings is 1. The largest absolute Gasteiger partial charge is 0.341 e. The van der Waals surface area contributed by atoms with E-state index in [0.29, 0.717) is 37.5 Å². The lowest BCUT2D eigenvalue weighted by Crippen LogP contribution is -2.37. The predicted octanol–water partition coefficient (Wildman–Crippen LogP) is 2.64. The fourth-order valence-corrected chi connectivity index (χ4v) is 3.82. The third-order valence-corrected chi connectivity index (χ3v) is 5.22. The number of carbonyl (C=O) groups excluding carboxylic acids is 2. The molecule has 0 aromatic carbocycles. The van der Waals surface area contributed by atoms with Gasteiger partial charge in [0.15, 0.2) is 0 Å². The highest BCUT2D eigenvalue weighted by Crippen LogP contribution is 2.28. The number of rotatable bonds is 3. The third-order valence-electron chi connectivity index (χ3n) is 5.22. The van der Waals surface area contributed by atoms with Crippen LogP contribution in [0.2, 0.25) is 0 Å². The van der Waals surface area contributed by atoms with Crippen molar-refractivity contribution >= 4 is 11.8 Å². The summed E-state index contributed by atoms with van der Waals surface area (Å²) in [7, 11) is 0. The zero-order valence-electron chi connectivity index (χ0n) is 14.5. The molecule has 130 valence electrons. The van der Waals surface area contributed by atoms with Crippen LogP contribution < -0.4 is 0 Å². The quantitative estimate of drug-likeness (QED) is 0.856. The van der Waals surface area contributed by atoms with Crippen molar-refractivity contribution < 1.29 is 9.59 Å². The Kier molecular flexibility index (Phi) is 5.48. The zero-order valence-corrected chi connectivity index (χ0v) is 14.5. The van der Waals surface area contributed by atoms with E-state index in [1.807, 2.05) is 22.8 Å². The van der Waals surface area contributed by atoms with Gasteiger partial charge in [-0.25, -0.2) is 0 Å². The average molecular weight is 329 g/mol. The SMILES string of the molecule is Cc1cc(C(=O)N2CCCN(C(=O)CC3CCCC3)CC2)ccn1. The number of aromatic nitrogens is 1. The normalized spacial score (nSPS) is 19.4. The second-order valence-electron chi connectivity index (χ2n) is 7.07. The van der Waals surface area contributed by atoms with Crippen LogP contribution in [0, 0.1) is 12.8 Å². The van der Waals surface area contributed by atoms with E-state index >= 15 is 0 Å². The van der Waals surface area contributed by atoms with Crippen LogP contribution in [-0.2, 0) is 4.79 Å². The molecule has 1 saturated carbocycles. The van der Waals surface area contributed by atoms with Gasteiger partial charge in [0.25, 0.3) is 5.91 Å². The molecule has 5 heteroatoms. The molecular formula is C19H27N3O2. The molecule has 5 nitrogen and oxygen atoms in total. The summed E-state index contributed by atoms with van der Waals surface area (Å²) in [4.78, 5) is 33.1. The van der Waals surface area contributed by atoms with Crippen molar-refractivity contribution in [2.24, 2.45) is 5.92 Å². The van der Waals surface area contributed by atoms with Crippen molar-refractivity contribution in [3.05, 3.63) is 29.6 Å². The lowest BCUT2D eigenvalue weighted by molar-refractivity contribution is -0.132. The molecule has 0 unspecified atom stereocenters. The number of amides is 2. The van der Waals surface area contributed by atoms with Crippen molar-refractivity contribution in [1.82, 2.24) is 14.8 Å². The lowest BCUT2D eigenvalue weighted by Gasteiger charge is -2.23. The molecule has 0 bridgehead atoms. The van der Waals surface area contributed by atoms with E-state index in [2.05, 4.69) is 4.98 Å². The minimum absolute atomic E-state index is 0.0468. The highest BCUT2D eigenvalue weighted by Gasteiger charge is 2.25. The minimum atomic E-state index is 0.0468. The van der Waals surface area contributed by atoms with Crippen molar-refractivity contribution in [2.45, 2.75) is 45.4 Å². The van der Waals surface area contributed by atoms with Crippen LogP contribution in [-0.4, -0.2) is 52.8 Å². The van der Waals surface area contributed by atoms with E-state index in [1.54, 1.807) is 12.3 Å². The maximum absolute atomic E-state index is 12.7. The molecule has 2 fully saturated rings. The Morgan fingerprint density at radius 3 is 2.54 bits per heavy atom. The molecule has 0 atom stereocenters. The summed E-state index contributed by atoms with van der Waals surface area (Å²) < 4.78 is 0. The van der Waals surface area contributed by atoms with Crippen molar-refractivity contribution in [3.8, 4) is 0 Å². The molecule has 1 aliphatic heterocycles. The second-order valence-corrected chi connectivity index (χ2v) is 7.07. The van der Waals surface area contributed by atoms with E-state index < -0.39 is 0 Å². The van der Waals surface area contributed by atoms with Crippen molar-refractivity contribution in [2.75, 3.05) is 26.2 Å². The van der Waals surface area contributed by atoms with E-state index in [1.165, 1.54) is 25.7 Å². The fraction of sp³-hybridized carbons (Fsp3) is 0.632. The van der Waals surface area contributed by atoms with Crippen LogP contribution in [0.4, 0.5) is 0 Å². The topological polar surface area (TPSA) is 53.5 Å². The van der Waals surface area contributed by atoms with Crippen molar-refractivity contribution in [3.63, 3.8) is 0 Å². The molecule has 1 saturated heterocycles. The standard InChI is InChI=1S/C19H27N3O2/c1-15-13-17(7-8-20-15)19(24)22-10-4-9-21(11-12-22)18(23)14-16-5-2-3-6-16/h7-8,13,16H,2-6,9-12,14H2,1H3. The van der Waals surface area contributed by atoms with Gasteiger partial charge in [0.2, 0.25) is 5.91 Å². The Hall–Kier alpha value is -1.91. The summed E-state index contributed by atoms with van der Waals surface area (Å²) >= 11 is 0. The Morgan fingerprint density at radius 2 is 1.79 bits per heavy atom. The first kappa shape index (κ1) is 16.9. The van der Waals surface area contributed by atoms with Gasteiger partial charge in [0.1, 0.15) is 0 Å². The maximum Gasteiger partial charge on any atom is 0.254 e. The molecular weight excluding hydrogens is 302 g/mol. The van der Waals surface area contributed by atoms with E-state index in [0.717, 1.165) is 18.7 Å². The van der Waals surface area contributed by atoms with Gasteiger partial charge in [0, 0.05) is 50.1 Å². The number of nitrogens with zero attached hydrogens (tertiary/aromatic N) is 3. The van der Waals surface area contributed by atoms with Gasteiger partial charge in [-0.15, -0.1) is 0 Å². The fourth-order valence-electron chi connectivity index (χ4n) is 3.82. The van der Waals surface area contributed by atoms with Gasteiger partial charge in [0.05, 0.1) is 0 Å². The minimum Gasteiger partial charge on any atom is -0.341 e. The summed E-state index contributed by atoms with van der Waals surface area (Å²) in [6.07, 6.45) is 8.16. The van der Waals surface area contributed by atoms with Crippen LogP contribution in [0.3, 0.4) is 0 Å². The van der Waals surface area contributed by atoms with E-state index in [9.17, 15) is 9.59 Å². The molecule has 2 amide bonds. The molecule has 0 N–H and O–H groups in total. The number of aryl methyl sites for hydroxylation is 1. The Balaban J connectivity index is 1.56. The van der Waals surface area contributed by atoms with E-state index in [-0.39, 0.29) is 11.8 Å². The lowest BCUT2D eigenvalue weighted by atomic mass is 10.0. The number of carbonyl (C=O) groups is 2. The van der Waals surface area contributed by atoms with Gasteiger partial charge in [-0.3, -0.25) is 14.6 Å². The Bertz CT molecular complexity index is 596. The predicted molar refractivity (Wildman–Crippen MR) is 92.6 cm³/mol. The van der Waals surface area contributed by atoms with Gasteiger partial charge in [-0.05, 0) is 44.2 Å². The van der Waals surface area contributed by atoms with Crippen LogP contribution >= 0.6 is 0 Å². The first-order valence-corrected chi connectivity index (χ1v) is 9.13. The van der Waals surface area contributed by atoms with Crippen LogP contribution in [0.25, 0.3) is 0 Å². The second kappa shape index (κ2) is 7.77. The first-order chi connectivity index (χ1) is 11.6. The number of hydrogen-bond donors (Lipinski definition) is 0.